The van der Waals surface area contributed by atoms with E-state index in [9.17, 15) is 4.79 Å². The molecule has 0 atom stereocenters. The van der Waals surface area contributed by atoms with Gasteiger partial charge in [-0.15, -0.1) is 0 Å². The lowest BCUT2D eigenvalue weighted by molar-refractivity contribution is -0.130. The van der Waals surface area contributed by atoms with E-state index in [2.05, 4.69) is 4.98 Å². The minimum Gasteiger partial charge on any atom is -0.492 e. The molecule has 0 N–H and O–H groups in total. The summed E-state index contributed by atoms with van der Waals surface area (Å²) >= 11 is 0. The number of ether oxygens (including phenoxy) is 1. The van der Waals surface area contributed by atoms with Gasteiger partial charge in [0.1, 0.15) is 18.0 Å². The minimum atomic E-state index is 0.0918. The smallest absolute Gasteiger partial charge is 0.228 e. The number of nitrogens with zero attached hydrogens (tertiary/aromatic N) is 3. The van der Waals surface area contributed by atoms with Crippen LogP contribution in [0.1, 0.15) is 23.9 Å². The molecule has 0 aliphatic carbocycles. The highest BCUT2D eigenvalue weighted by Gasteiger charge is 2.17. The van der Waals surface area contributed by atoms with Crippen LogP contribution in [0.5, 0.6) is 5.75 Å². The Hall–Kier alpha value is -2.82. The lowest BCUT2D eigenvalue weighted by Gasteiger charge is -2.21. The van der Waals surface area contributed by atoms with Crippen LogP contribution >= 0.6 is 0 Å². The molecule has 0 unspecified atom stereocenters. The lowest BCUT2D eigenvalue weighted by atomic mass is 10.2. The Balaban J connectivity index is 1.62. The second-order valence-electron chi connectivity index (χ2n) is 6.39. The third-order valence-electron chi connectivity index (χ3n) is 4.50. The van der Waals surface area contributed by atoms with E-state index in [4.69, 9.17) is 4.74 Å². The highest BCUT2D eigenvalue weighted by Crippen LogP contribution is 2.14. The van der Waals surface area contributed by atoms with Crippen molar-refractivity contribution < 1.29 is 9.53 Å². The molecule has 0 bridgehead atoms. The zero-order chi connectivity index (χ0) is 18.5. The SMILES string of the molecule is CCN(CCOc1cccc(C)c1)C(=O)Cc1c(C)nc2ccccn12. The van der Waals surface area contributed by atoms with Gasteiger partial charge in [-0.25, -0.2) is 4.98 Å². The molecule has 0 saturated heterocycles. The molecule has 0 aliphatic heterocycles. The van der Waals surface area contributed by atoms with Crippen molar-refractivity contribution in [2.75, 3.05) is 19.7 Å². The van der Waals surface area contributed by atoms with Gasteiger partial charge in [0.25, 0.3) is 0 Å². The molecule has 5 nitrogen and oxygen atoms in total. The molecule has 0 spiro atoms. The molecule has 0 saturated carbocycles. The van der Waals surface area contributed by atoms with E-state index in [0.717, 1.165) is 28.3 Å². The van der Waals surface area contributed by atoms with Crippen LogP contribution in [0.15, 0.2) is 48.7 Å². The summed E-state index contributed by atoms with van der Waals surface area (Å²) in [7, 11) is 0. The van der Waals surface area contributed by atoms with Gasteiger partial charge in [0.15, 0.2) is 0 Å². The fraction of sp³-hybridized carbons (Fsp3) is 0.333. The Morgan fingerprint density at radius 1 is 1.19 bits per heavy atom. The van der Waals surface area contributed by atoms with Crippen molar-refractivity contribution >= 4 is 11.6 Å². The van der Waals surface area contributed by atoms with Crippen LogP contribution in [-0.2, 0) is 11.2 Å². The number of fused-ring (bicyclic) bond motifs is 1. The van der Waals surface area contributed by atoms with Gasteiger partial charge in [-0.2, -0.15) is 0 Å². The number of hydrogen-bond acceptors (Lipinski definition) is 3. The molecule has 26 heavy (non-hydrogen) atoms. The average Bonchev–Trinajstić information content (AvgIpc) is 2.94. The molecular weight excluding hydrogens is 326 g/mol. The third-order valence-corrected chi connectivity index (χ3v) is 4.50. The first-order valence-electron chi connectivity index (χ1n) is 8.98. The van der Waals surface area contributed by atoms with Gasteiger partial charge >= 0.3 is 0 Å². The fourth-order valence-electron chi connectivity index (χ4n) is 3.07. The largest absolute Gasteiger partial charge is 0.492 e. The maximum absolute atomic E-state index is 12.8. The van der Waals surface area contributed by atoms with Crippen molar-refractivity contribution in [1.29, 1.82) is 0 Å². The molecule has 0 radical (unpaired) electrons. The van der Waals surface area contributed by atoms with Crippen LogP contribution in [0.25, 0.3) is 5.65 Å². The van der Waals surface area contributed by atoms with E-state index < -0.39 is 0 Å². The Morgan fingerprint density at radius 3 is 2.81 bits per heavy atom. The van der Waals surface area contributed by atoms with Crippen LogP contribution < -0.4 is 4.74 Å². The van der Waals surface area contributed by atoms with Gasteiger partial charge in [0, 0.05) is 12.7 Å². The number of pyridine rings is 1. The maximum atomic E-state index is 12.8. The summed E-state index contributed by atoms with van der Waals surface area (Å²) in [5.41, 5.74) is 3.88. The molecule has 3 rings (SSSR count). The summed E-state index contributed by atoms with van der Waals surface area (Å²) < 4.78 is 7.78. The van der Waals surface area contributed by atoms with Gasteiger partial charge in [-0.1, -0.05) is 18.2 Å². The Kier molecular flexibility index (Phi) is 5.56. The van der Waals surface area contributed by atoms with Crippen LogP contribution in [-0.4, -0.2) is 39.9 Å². The number of carbonyl (C=O) groups excluding carboxylic acids is 1. The number of hydrogen-bond donors (Lipinski definition) is 0. The zero-order valence-corrected chi connectivity index (χ0v) is 15.6. The molecular formula is C21H25N3O2. The van der Waals surface area contributed by atoms with Crippen LogP contribution in [0.4, 0.5) is 0 Å². The first-order chi connectivity index (χ1) is 12.6. The molecule has 1 amide bonds. The summed E-state index contributed by atoms with van der Waals surface area (Å²) in [5.74, 6) is 0.931. The summed E-state index contributed by atoms with van der Waals surface area (Å²) in [6.07, 6.45) is 2.30. The molecule has 1 aromatic carbocycles. The van der Waals surface area contributed by atoms with E-state index in [1.54, 1.807) is 0 Å². The number of carbonyl (C=O) groups is 1. The molecule has 0 fully saturated rings. The second kappa shape index (κ2) is 8.04. The number of aryl methyl sites for hydroxylation is 2. The third kappa shape index (κ3) is 4.04. The van der Waals surface area contributed by atoms with E-state index in [1.807, 2.05) is 78.7 Å². The predicted molar refractivity (Wildman–Crippen MR) is 103 cm³/mol. The lowest BCUT2D eigenvalue weighted by Crippen LogP contribution is -2.35. The fourth-order valence-corrected chi connectivity index (χ4v) is 3.07. The van der Waals surface area contributed by atoms with Crippen LogP contribution in [0.2, 0.25) is 0 Å². The van der Waals surface area contributed by atoms with Crippen molar-refractivity contribution in [2.24, 2.45) is 0 Å². The summed E-state index contributed by atoms with van der Waals surface area (Å²) in [6.45, 7) is 7.69. The Labute approximate surface area is 154 Å². The number of amides is 1. The first kappa shape index (κ1) is 18.0. The van der Waals surface area contributed by atoms with Crippen molar-refractivity contribution in [2.45, 2.75) is 27.2 Å². The number of rotatable bonds is 7. The summed E-state index contributed by atoms with van der Waals surface area (Å²) in [4.78, 5) is 19.1. The van der Waals surface area contributed by atoms with E-state index in [1.165, 1.54) is 0 Å². The molecule has 2 heterocycles. The van der Waals surface area contributed by atoms with Crippen molar-refractivity contribution in [1.82, 2.24) is 14.3 Å². The first-order valence-corrected chi connectivity index (χ1v) is 8.98. The van der Waals surface area contributed by atoms with Gasteiger partial charge in [-0.3, -0.25) is 4.79 Å². The summed E-state index contributed by atoms with van der Waals surface area (Å²) in [6, 6.07) is 13.8. The standard InChI is InChI=1S/C21H25N3O2/c1-4-23(12-13-26-18-9-7-8-16(2)14-18)21(25)15-19-17(3)22-20-10-5-6-11-24(19)20/h5-11,14H,4,12-13,15H2,1-3H3. The van der Waals surface area contributed by atoms with Crippen molar-refractivity contribution in [3.05, 3.63) is 65.6 Å². The molecule has 2 aromatic heterocycles. The van der Waals surface area contributed by atoms with Crippen molar-refractivity contribution in [3.8, 4) is 5.75 Å². The normalized spacial score (nSPS) is 10.9. The van der Waals surface area contributed by atoms with Crippen LogP contribution in [0.3, 0.4) is 0 Å². The van der Waals surface area contributed by atoms with Gasteiger partial charge in [0.05, 0.1) is 24.4 Å². The van der Waals surface area contributed by atoms with Gasteiger partial charge < -0.3 is 14.0 Å². The number of aromatic nitrogens is 2. The number of benzene rings is 1. The monoisotopic (exact) mass is 351 g/mol. The minimum absolute atomic E-state index is 0.0918. The highest BCUT2D eigenvalue weighted by molar-refractivity contribution is 5.79. The predicted octanol–water partition coefficient (Wildman–Crippen LogP) is 3.42. The topological polar surface area (TPSA) is 46.8 Å². The van der Waals surface area contributed by atoms with Gasteiger partial charge in [0.2, 0.25) is 5.91 Å². The number of imidazole rings is 1. The van der Waals surface area contributed by atoms with Gasteiger partial charge in [-0.05, 0) is 50.6 Å². The molecule has 0 aliphatic rings. The molecule has 3 aromatic rings. The van der Waals surface area contributed by atoms with Crippen molar-refractivity contribution in [3.63, 3.8) is 0 Å². The zero-order valence-electron chi connectivity index (χ0n) is 15.6. The summed E-state index contributed by atoms with van der Waals surface area (Å²) in [5, 5.41) is 0. The average molecular weight is 351 g/mol. The van der Waals surface area contributed by atoms with Crippen LogP contribution in [0, 0.1) is 13.8 Å². The maximum Gasteiger partial charge on any atom is 0.228 e. The van der Waals surface area contributed by atoms with E-state index >= 15 is 0 Å². The second-order valence-corrected chi connectivity index (χ2v) is 6.39. The Morgan fingerprint density at radius 2 is 2.04 bits per heavy atom. The molecule has 136 valence electrons. The van der Waals surface area contributed by atoms with E-state index in [-0.39, 0.29) is 5.91 Å². The quantitative estimate of drug-likeness (QED) is 0.655. The Bertz CT molecular complexity index is 901. The van der Waals surface area contributed by atoms with E-state index in [0.29, 0.717) is 26.1 Å². The molecule has 5 heteroatoms. The number of likely N-dealkylation sites (N-methyl/N-ethyl adjacent to an activating group) is 1. The highest BCUT2D eigenvalue weighted by atomic mass is 16.5.